The van der Waals surface area contributed by atoms with Crippen LogP contribution in [0.3, 0.4) is 0 Å². The first kappa shape index (κ1) is 44.4. The van der Waals surface area contributed by atoms with Crippen molar-refractivity contribution in [3.8, 4) is 0 Å². The van der Waals surface area contributed by atoms with Crippen LogP contribution in [0.25, 0.3) is 0 Å². The number of ether oxygens (including phenoxy) is 3. The van der Waals surface area contributed by atoms with Crippen LogP contribution in [0.5, 0.6) is 0 Å². The summed E-state index contributed by atoms with van der Waals surface area (Å²) in [7, 11) is 0. The maximum atomic E-state index is 12.6. The van der Waals surface area contributed by atoms with Crippen LogP contribution in [0, 0.1) is 11.8 Å². The molecule has 0 aliphatic carbocycles. The fraction of sp³-hybridized carbons (Fsp3) is 0.925. The van der Waals surface area contributed by atoms with E-state index in [1.54, 1.807) is 0 Å². The number of unbranched alkanes of at least 4 members (excludes halogenated alkanes) is 18. The van der Waals surface area contributed by atoms with E-state index in [9.17, 15) is 14.4 Å². The maximum absolute atomic E-state index is 12.6. The van der Waals surface area contributed by atoms with Crippen molar-refractivity contribution in [2.24, 2.45) is 11.8 Å². The van der Waals surface area contributed by atoms with E-state index in [4.69, 9.17) is 14.2 Å². The third-order valence-electron chi connectivity index (χ3n) is 9.08. The predicted molar refractivity (Wildman–Crippen MR) is 192 cm³/mol. The van der Waals surface area contributed by atoms with Gasteiger partial charge in [0.15, 0.2) is 6.10 Å². The summed E-state index contributed by atoms with van der Waals surface area (Å²) in [4.78, 5) is 37.3. The minimum absolute atomic E-state index is 0.0676. The topological polar surface area (TPSA) is 78.9 Å². The van der Waals surface area contributed by atoms with Crippen LogP contribution in [0.1, 0.15) is 208 Å². The van der Waals surface area contributed by atoms with Crippen molar-refractivity contribution < 1.29 is 28.6 Å². The van der Waals surface area contributed by atoms with Crippen LogP contribution < -0.4 is 0 Å². The van der Waals surface area contributed by atoms with E-state index in [1.807, 2.05) is 0 Å². The smallest absolute Gasteiger partial charge is 0.306 e. The van der Waals surface area contributed by atoms with Gasteiger partial charge in [0.2, 0.25) is 0 Å². The summed E-state index contributed by atoms with van der Waals surface area (Å²) >= 11 is 0. The van der Waals surface area contributed by atoms with Gasteiger partial charge in [0.1, 0.15) is 13.2 Å². The molecule has 1 unspecified atom stereocenters. The maximum Gasteiger partial charge on any atom is 0.306 e. The summed E-state index contributed by atoms with van der Waals surface area (Å²) in [5.41, 5.74) is 0. The van der Waals surface area contributed by atoms with Gasteiger partial charge in [-0.15, -0.1) is 0 Å². The Hall–Kier alpha value is -1.59. The summed E-state index contributed by atoms with van der Waals surface area (Å²) in [6.45, 7) is 11.2. The molecule has 0 saturated carbocycles. The lowest BCUT2D eigenvalue weighted by Crippen LogP contribution is -2.30. The average molecular weight is 653 g/mol. The molecule has 46 heavy (non-hydrogen) atoms. The normalized spacial score (nSPS) is 12.7. The number of carbonyl (C=O) groups excluding carboxylic acids is 3. The van der Waals surface area contributed by atoms with Crippen molar-refractivity contribution in [2.75, 3.05) is 13.2 Å². The van der Waals surface area contributed by atoms with Crippen molar-refractivity contribution >= 4 is 17.9 Å². The third-order valence-corrected chi connectivity index (χ3v) is 9.08. The minimum atomic E-state index is -0.759. The largest absolute Gasteiger partial charge is 0.462 e. The molecule has 0 aliphatic rings. The van der Waals surface area contributed by atoms with E-state index in [0.29, 0.717) is 19.3 Å². The molecule has 6 nitrogen and oxygen atoms in total. The molecule has 0 heterocycles. The van der Waals surface area contributed by atoms with E-state index in [1.165, 1.54) is 96.3 Å². The molecule has 0 rings (SSSR count). The van der Waals surface area contributed by atoms with E-state index in [-0.39, 0.29) is 31.1 Å². The first-order valence-electron chi connectivity index (χ1n) is 19.8. The van der Waals surface area contributed by atoms with E-state index >= 15 is 0 Å². The molecule has 0 aromatic carbocycles. The Bertz CT molecular complexity index is 706. The monoisotopic (exact) mass is 653 g/mol. The average Bonchev–Trinajstić information content (AvgIpc) is 3.03. The van der Waals surface area contributed by atoms with Gasteiger partial charge < -0.3 is 14.2 Å². The summed E-state index contributed by atoms with van der Waals surface area (Å²) in [6.07, 6.45) is 28.2. The van der Waals surface area contributed by atoms with Crippen molar-refractivity contribution in [3.63, 3.8) is 0 Å². The molecule has 0 aliphatic heterocycles. The van der Waals surface area contributed by atoms with Crippen LogP contribution in [-0.4, -0.2) is 37.2 Å². The molecule has 0 aromatic heterocycles. The molecule has 272 valence electrons. The zero-order valence-corrected chi connectivity index (χ0v) is 31.2. The SMILES string of the molecule is CCCCCCCCCC(=O)OC[C@H](COC(=O)CCCCCCCCCCC(C)C)OC(=O)CCCCCCCCC(C)CC. The summed E-state index contributed by atoms with van der Waals surface area (Å²) in [5, 5.41) is 0. The lowest BCUT2D eigenvalue weighted by Gasteiger charge is -2.18. The second-order valence-corrected chi connectivity index (χ2v) is 14.3. The minimum Gasteiger partial charge on any atom is -0.462 e. The fourth-order valence-corrected chi connectivity index (χ4v) is 5.66. The zero-order valence-electron chi connectivity index (χ0n) is 31.2. The highest BCUT2D eigenvalue weighted by Gasteiger charge is 2.19. The Balaban J connectivity index is 4.35. The van der Waals surface area contributed by atoms with Crippen LogP contribution in [0.4, 0.5) is 0 Å². The van der Waals surface area contributed by atoms with Crippen LogP contribution in [0.2, 0.25) is 0 Å². The van der Waals surface area contributed by atoms with Gasteiger partial charge in [-0.05, 0) is 31.1 Å². The van der Waals surface area contributed by atoms with Gasteiger partial charge in [-0.1, -0.05) is 169 Å². The van der Waals surface area contributed by atoms with Crippen molar-refractivity contribution in [3.05, 3.63) is 0 Å². The van der Waals surface area contributed by atoms with E-state index in [2.05, 4.69) is 34.6 Å². The molecule has 0 N–H and O–H groups in total. The van der Waals surface area contributed by atoms with Gasteiger partial charge in [-0.2, -0.15) is 0 Å². The highest BCUT2D eigenvalue weighted by Crippen LogP contribution is 2.16. The Morgan fingerprint density at radius 3 is 1.24 bits per heavy atom. The first-order chi connectivity index (χ1) is 22.3. The van der Waals surface area contributed by atoms with Crippen LogP contribution in [0.15, 0.2) is 0 Å². The molecule has 0 fully saturated rings. The van der Waals surface area contributed by atoms with Gasteiger partial charge in [-0.25, -0.2) is 0 Å². The zero-order chi connectivity index (χ0) is 34.1. The van der Waals surface area contributed by atoms with Crippen LogP contribution >= 0.6 is 0 Å². The molecule has 0 saturated heterocycles. The van der Waals surface area contributed by atoms with Crippen molar-refractivity contribution in [1.29, 1.82) is 0 Å². The third kappa shape index (κ3) is 32.4. The van der Waals surface area contributed by atoms with Crippen LogP contribution in [-0.2, 0) is 28.6 Å². The summed E-state index contributed by atoms with van der Waals surface area (Å²) < 4.78 is 16.6. The molecule has 0 aromatic rings. The number of esters is 3. The fourth-order valence-electron chi connectivity index (χ4n) is 5.66. The second kappa shape index (κ2) is 33.3. The molecular weight excluding hydrogens is 576 g/mol. The molecule has 0 amide bonds. The molecule has 0 spiro atoms. The highest BCUT2D eigenvalue weighted by molar-refractivity contribution is 5.71. The standard InChI is InChI=1S/C40H76O6/c1-6-8-9-10-13-20-25-30-38(41)44-33-37(46-40(43)32-27-22-17-16-19-24-29-36(5)7-2)34-45-39(42)31-26-21-15-12-11-14-18-23-28-35(3)4/h35-37H,6-34H2,1-5H3/t36?,37-/m1/s1. The summed E-state index contributed by atoms with van der Waals surface area (Å²) in [6, 6.07) is 0. The Morgan fingerprint density at radius 2 is 0.826 bits per heavy atom. The quantitative estimate of drug-likeness (QED) is 0.0391. The summed E-state index contributed by atoms with van der Waals surface area (Å²) in [5.74, 6) is 0.730. The Kier molecular flexibility index (Phi) is 32.2. The van der Waals surface area contributed by atoms with Crippen molar-refractivity contribution in [1.82, 2.24) is 0 Å². The lowest BCUT2D eigenvalue weighted by molar-refractivity contribution is -0.167. The Morgan fingerprint density at radius 1 is 0.457 bits per heavy atom. The predicted octanol–water partition coefficient (Wildman–Crippen LogP) is 11.8. The number of carbonyl (C=O) groups is 3. The lowest BCUT2D eigenvalue weighted by atomic mass is 10.00. The van der Waals surface area contributed by atoms with Crippen molar-refractivity contribution in [2.45, 2.75) is 214 Å². The van der Waals surface area contributed by atoms with Gasteiger partial charge in [-0.3, -0.25) is 14.4 Å². The second-order valence-electron chi connectivity index (χ2n) is 14.3. The molecule has 2 atom stereocenters. The highest BCUT2D eigenvalue weighted by atomic mass is 16.6. The molecule has 6 heteroatoms. The van der Waals surface area contributed by atoms with Gasteiger partial charge in [0, 0.05) is 19.3 Å². The van der Waals surface area contributed by atoms with E-state index in [0.717, 1.165) is 69.6 Å². The number of hydrogen-bond acceptors (Lipinski definition) is 6. The van der Waals surface area contributed by atoms with Gasteiger partial charge in [0.25, 0.3) is 0 Å². The van der Waals surface area contributed by atoms with Gasteiger partial charge in [0.05, 0.1) is 0 Å². The Labute approximate surface area is 285 Å². The van der Waals surface area contributed by atoms with Gasteiger partial charge >= 0.3 is 17.9 Å². The molecular formula is C40H76O6. The number of rotatable bonds is 34. The molecule has 0 radical (unpaired) electrons. The first-order valence-corrected chi connectivity index (χ1v) is 19.8. The van der Waals surface area contributed by atoms with E-state index < -0.39 is 6.10 Å². The molecule has 0 bridgehead atoms. The number of hydrogen-bond donors (Lipinski definition) is 0.